The Bertz CT molecular complexity index is 1060. The molecule has 2 N–H and O–H groups in total. The van der Waals surface area contributed by atoms with Gasteiger partial charge < -0.3 is 15.4 Å². The Hall–Kier alpha value is -3.32. The van der Waals surface area contributed by atoms with Crippen molar-refractivity contribution in [1.82, 2.24) is 20.3 Å². The normalized spacial score (nSPS) is 20.2. The number of rotatable bonds is 6. The van der Waals surface area contributed by atoms with Gasteiger partial charge in [-0.3, -0.25) is 9.78 Å². The molecule has 0 radical (unpaired) electrons. The summed E-state index contributed by atoms with van der Waals surface area (Å²) in [5.74, 6) is 1.09. The number of ether oxygens (including phenoxy) is 1. The van der Waals surface area contributed by atoms with Crippen LogP contribution in [0.25, 0.3) is 11.4 Å². The molecule has 3 heterocycles. The van der Waals surface area contributed by atoms with Gasteiger partial charge in [0.1, 0.15) is 11.5 Å². The molecule has 1 aromatic carbocycles. The Morgan fingerprint density at radius 2 is 2.00 bits per heavy atom. The summed E-state index contributed by atoms with van der Waals surface area (Å²) < 4.78 is 6.26. The summed E-state index contributed by atoms with van der Waals surface area (Å²) in [5.41, 5.74) is 3.28. The monoisotopic (exact) mass is 415 g/mol. The first-order valence-corrected chi connectivity index (χ1v) is 10.8. The average molecular weight is 415 g/mol. The molecule has 0 spiro atoms. The lowest BCUT2D eigenvalue weighted by molar-refractivity contribution is 0.0394. The molecular weight excluding hydrogens is 390 g/mol. The molecule has 31 heavy (non-hydrogen) atoms. The number of hydrogen-bond donors (Lipinski definition) is 2. The van der Waals surface area contributed by atoms with Gasteiger partial charge in [-0.05, 0) is 43.4 Å². The number of nitrogens with zero attached hydrogens (tertiary/aromatic N) is 3. The fourth-order valence-electron chi connectivity index (χ4n) is 4.28. The number of aromatic nitrogens is 3. The van der Waals surface area contributed by atoms with Gasteiger partial charge in [-0.15, -0.1) is 0 Å². The largest absolute Gasteiger partial charge is 0.371 e. The third-order valence-electron chi connectivity index (χ3n) is 5.88. The lowest BCUT2D eigenvalue weighted by atomic mass is 10.0. The average Bonchev–Trinajstić information content (AvgIpc) is 3.26. The molecule has 7 heteroatoms. The Labute approximate surface area is 181 Å². The van der Waals surface area contributed by atoms with Gasteiger partial charge in [0.05, 0.1) is 18.8 Å². The van der Waals surface area contributed by atoms with Crippen molar-refractivity contribution in [3.8, 4) is 11.4 Å². The highest BCUT2D eigenvalue weighted by atomic mass is 16.5. The van der Waals surface area contributed by atoms with Crippen LogP contribution in [0.15, 0.2) is 54.9 Å². The number of nitrogens with one attached hydrogen (secondary N) is 2. The zero-order chi connectivity index (χ0) is 21.0. The van der Waals surface area contributed by atoms with E-state index in [0.29, 0.717) is 31.1 Å². The van der Waals surface area contributed by atoms with Gasteiger partial charge >= 0.3 is 0 Å². The zero-order valence-electron chi connectivity index (χ0n) is 17.3. The summed E-state index contributed by atoms with van der Waals surface area (Å²) >= 11 is 0. The highest BCUT2D eigenvalue weighted by molar-refractivity contribution is 5.96. The second-order valence-electron chi connectivity index (χ2n) is 7.99. The van der Waals surface area contributed by atoms with E-state index in [9.17, 15) is 4.79 Å². The summed E-state index contributed by atoms with van der Waals surface area (Å²) in [6, 6.07) is 14.1. The lowest BCUT2D eigenvalue weighted by Crippen LogP contribution is -2.36. The van der Waals surface area contributed by atoms with Gasteiger partial charge in [0, 0.05) is 30.1 Å². The Kier molecular flexibility index (Phi) is 5.58. The fraction of sp³-hybridized carbons (Fsp3) is 0.333. The molecular formula is C24H25N5O2. The van der Waals surface area contributed by atoms with Crippen LogP contribution in [0.1, 0.15) is 40.9 Å². The Morgan fingerprint density at radius 1 is 1.10 bits per heavy atom. The maximum Gasteiger partial charge on any atom is 0.270 e. The van der Waals surface area contributed by atoms with Crippen LogP contribution in [0, 0.1) is 0 Å². The van der Waals surface area contributed by atoms with Crippen LogP contribution < -0.4 is 10.6 Å². The predicted octanol–water partition coefficient (Wildman–Crippen LogP) is 3.37. The first-order valence-electron chi connectivity index (χ1n) is 10.8. The molecule has 158 valence electrons. The molecule has 1 saturated carbocycles. The molecule has 1 amide bonds. The predicted molar refractivity (Wildman–Crippen MR) is 118 cm³/mol. The topological polar surface area (TPSA) is 89.0 Å². The standard InChI is InChI=1S/C24H25N5O2/c30-24-21-18(11-13-26-24)23(29-22(28-21)17-8-5-12-25-14-17)27-19-9-4-10-20(19)31-15-16-6-2-1-3-7-16/h1-3,5-8,12,14,19-20H,4,9-11,13,15H2,(H,26,30)(H,27,28,29)/t19-,20-/m1/s1. The van der Waals surface area contributed by atoms with Crippen LogP contribution in [0.5, 0.6) is 0 Å². The molecule has 1 aliphatic carbocycles. The molecule has 3 aromatic rings. The maximum atomic E-state index is 12.5. The van der Waals surface area contributed by atoms with Gasteiger partial charge in [0.15, 0.2) is 5.82 Å². The summed E-state index contributed by atoms with van der Waals surface area (Å²) in [6.07, 6.45) is 7.35. The van der Waals surface area contributed by atoms with E-state index in [1.165, 1.54) is 5.56 Å². The van der Waals surface area contributed by atoms with E-state index >= 15 is 0 Å². The molecule has 0 bridgehead atoms. The first kappa shape index (κ1) is 19.6. The Morgan fingerprint density at radius 3 is 2.84 bits per heavy atom. The van der Waals surface area contributed by atoms with Crippen LogP contribution in [-0.2, 0) is 17.8 Å². The van der Waals surface area contributed by atoms with Crippen molar-refractivity contribution >= 4 is 11.7 Å². The first-order chi connectivity index (χ1) is 15.3. The third-order valence-corrected chi connectivity index (χ3v) is 5.88. The summed E-state index contributed by atoms with van der Waals surface area (Å²) in [7, 11) is 0. The SMILES string of the molecule is O=C1NCCc2c(N[C@@H]3CCC[C@H]3OCc3ccccc3)nc(-c3cccnc3)nc21. The van der Waals surface area contributed by atoms with Crippen molar-refractivity contribution in [2.75, 3.05) is 11.9 Å². The second kappa shape index (κ2) is 8.81. The second-order valence-corrected chi connectivity index (χ2v) is 7.99. The van der Waals surface area contributed by atoms with Crippen molar-refractivity contribution in [2.24, 2.45) is 0 Å². The zero-order valence-corrected chi connectivity index (χ0v) is 17.3. The molecule has 0 unspecified atom stereocenters. The van der Waals surface area contributed by atoms with E-state index < -0.39 is 0 Å². The number of fused-ring (bicyclic) bond motifs is 1. The van der Waals surface area contributed by atoms with E-state index in [2.05, 4.69) is 32.7 Å². The summed E-state index contributed by atoms with van der Waals surface area (Å²) in [6.45, 7) is 1.18. The van der Waals surface area contributed by atoms with Crippen LogP contribution in [0.4, 0.5) is 5.82 Å². The quantitative estimate of drug-likeness (QED) is 0.642. The smallest absolute Gasteiger partial charge is 0.270 e. The van der Waals surface area contributed by atoms with Crippen LogP contribution in [-0.4, -0.2) is 39.5 Å². The molecule has 2 aliphatic rings. The third kappa shape index (κ3) is 4.27. The van der Waals surface area contributed by atoms with Gasteiger partial charge in [-0.2, -0.15) is 0 Å². The lowest BCUT2D eigenvalue weighted by Gasteiger charge is -2.25. The molecule has 5 rings (SSSR count). The highest BCUT2D eigenvalue weighted by Gasteiger charge is 2.31. The van der Waals surface area contributed by atoms with Crippen LogP contribution in [0.2, 0.25) is 0 Å². The van der Waals surface area contributed by atoms with Crippen molar-refractivity contribution in [3.63, 3.8) is 0 Å². The summed E-state index contributed by atoms with van der Waals surface area (Å²) in [4.78, 5) is 26.1. The minimum absolute atomic E-state index is 0.102. The van der Waals surface area contributed by atoms with Gasteiger partial charge in [0.25, 0.3) is 5.91 Å². The molecule has 1 aliphatic heterocycles. The van der Waals surface area contributed by atoms with E-state index in [-0.39, 0.29) is 18.1 Å². The minimum Gasteiger partial charge on any atom is -0.371 e. The van der Waals surface area contributed by atoms with Crippen LogP contribution in [0.3, 0.4) is 0 Å². The van der Waals surface area contributed by atoms with Crippen molar-refractivity contribution in [3.05, 3.63) is 71.7 Å². The minimum atomic E-state index is -0.153. The number of pyridine rings is 1. The molecule has 0 saturated heterocycles. The number of anilines is 1. The van der Waals surface area contributed by atoms with Crippen molar-refractivity contribution < 1.29 is 9.53 Å². The summed E-state index contributed by atoms with van der Waals surface area (Å²) in [5, 5.41) is 6.50. The van der Waals surface area contributed by atoms with Crippen molar-refractivity contribution in [1.29, 1.82) is 0 Å². The molecule has 7 nitrogen and oxygen atoms in total. The number of benzene rings is 1. The molecule has 1 fully saturated rings. The highest BCUT2D eigenvalue weighted by Crippen LogP contribution is 2.30. The number of hydrogen-bond acceptors (Lipinski definition) is 6. The maximum absolute atomic E-state index is 12.5. The molecule has 2 atom stereocenters. The van der Waals surface area contributed by atoms with E-state index in [0.717, 1.165) is 36.2 Å². The van der Waals surface area contributed by atoms with E-state index in [1.807, 2.05) is 30.3 Å². The van der Waals surface area contributed by atoms with Crippen molar-refractivity contribution in [2.45, 2.75) is 44.4 Å². The number of carbonyl (C=O) groups is 1. The fourth-order valence-corrected chi connectivity index (χ4v) is 4.28. The molecule has 2 aromatic heterocycles. The van der Waals surface area contributed by atoms with E-state index in [4.69, 9.17) is 9.72 Å². The van der Waals surface area contributed by atoms with Gasteiger partial charge in [-0.25, -0.2) is 9.97 Å². The van der Waals surface area contributed by atoms with Crippen LogP contribution >= 0.6 is 0 Å². The number of carbonyl (C=O) groups excluding carboxylic acids is 1. The number of amides is 1. The van der Waals surface area contributed by atoms with E-state index in [1.54, 1.807) is 12.4 Å². The Balaban J connectivity index is 1.41. The van der Waals surface area contributed by atoms with Gasteiger partial charge in [0.2, 0.25) is 0 Å². The van der Waals surface area contributed by atoms with Gasteiger partial charge in [-0.1, -0.05) is 30.3 Å².